The average Bonchev–Trinajstić information content (AvgIpc) is 3.40. The third kappa shape index (κ3) is 4.43. The molecular weight excluding hydrogens is 436 g/mol. The molecule has 0 atom stereocenters. The molecule has 0 saturated carbocycles. The van der Waals surface area contributed by atoms with Crippen LogP contribution < -0.4 is 5.32 Å². The van der Waals surface area contributed by atoms with Crippen LogP contribution in [0.1, 0.15) is 11.1 Å². The van der Waals surface area contributed by atoms with Gasteiger partial charge in [0.05, 0.1) is 10.6 Å². The second-order valence-corrected chi connectivity index (χ2v) is 9.01. The Kier molecular flexibility index (Phi) is 6.22. The van der Waals surface area contributed by atoms with Gasteiger partial charge in [-0.25, -0.2) is 0 Å². The van der Waals surface area contributed by atoms with Crippen LogP contribution in [0.4, 0.5) is 5.69 Å². The van der Waals surface area contributed by atoms with E-state index < -0.39 is 0 Å². The molecule has 0 aliphatic heterocycles. The number of aromatic nitrogens is 3. The second kappa shape index (κ2) is 9.04. The van der Waals surface area contributed by atoms with Crippen LogP contribution in [-0.4, -0.2) is 26.4 Å². The third-order valence-electron chi connectivity index (χ3n) is 4.67. The first-order chi connectivity index (χ1) is 14.5. The standard InChI is InChI=1S/C22H19ClN4OS2/c1-14-5-3-6-18(15(14)2)24-20(28)13-30-22-26-25-21(19-7-4-12-29-19)27(22)17-10-8-16(23)9-11-17/h3-12H,13H2,1-2H3,(H,24,28). The van der Waals surface area contributed by atoms with E-state index in [0.717, 1.165) is 33.2 Å². The molecule has 2 aromatic carbocycles. The normalized spacial score (nSPS) is 10.9. The number of rotatable bonds is 6. The Balaban J connectivity index is 1.57. The topological polar surface area (TPSA) is 59.8 Å². The molecule has 5 nitrogen and oxygen atoms in total. The van der Waals surface area contributed by atoms with Crippen molar-refractivity contribution in [2.24, 2.45) is 0 Å². The number of aryl methyl sites for hydroxylation is 1. The zero-order chi connectivity index (χ0) is 21.1. The molecule has 0 saturated heterocycles. The fourth-order valence-electron chi connectivity index (χ4n) is 2.95. The van der Waals surface area contributed by atoms with Crippen LogP contribution in [0.5, 0.6) is 0 Å². The highest BCUT2D eigenvalue weighted by atomic mass is 35.5. The van der Waals surface area contributed by atoms with E-state index in [9.17, 15) is 4.79 Å². The number of hydrogen-bond donors (Lipinski definition) is 1. The fraction of sp³-hybridized carbons (Fsp3) is 0.136. The van der Waals surface area contributed by atoms with Crippen molar-refractivity contribution in [2.45, 2.75) is 19.0 Å². The van der Waals surface area contributed by atoms with E-state index in [0.29, 0.717) is 10.2 Å². The first-order valence-electron chi connectivity index (χ1n) is 9.27. The van der Waals surface area contributed by atoms with Crippen molar-refractivity contribution in [2.75, 3.05) is 11.1 Å². The summed E-state index contributed by atoms with van der Waals surface area (Å²) in [5, 5.41) is 15.0. The lowest BCUT2D eigenvalue weighted by molar-refractivity contribution is -0.113. The summed E-state index contributed by atoms with van der Waals surface area (Å²) < 4.78 is 1.96. The maximum atomic E-state index is 12.6. The number of nitrogens with one attached hydrogen (secondary N) is 1. The van der Waals surface area contributed by atoms with Crippen LogP contribution in [-0.2, 0) is 4.79 Å². The summed E-state index contributed by atoms with van der Waals surface area (Å²) in [6.45, 7) is 4.03. The molecule has 152 valence electrons. The summed E-state index contributed by atoms with van der Waals surface area (Å²) in [4.78, 5) is 13.6. The van der Waals surface area contributed by atoms with E-state index in [4.69, 9.17) is 11.6 Å². The lowest BCUT2D eigenvalue weighted by Crippen LogP contribution is -2.15. The number of carbonyl (C=O) groups excluding carboxylic acids is 1. The number of anilines is 1. The largest absolute Gasteiger partial charge is 0.325 e. The van der Waals surface area contributed by atoms with Crippen LogP contribution in [0.3, 0.4) is 0 Å². The first-order valence-corrected chi connectivity index (χ1v) is 11.5. The van der Waals surface area contributed by atoms with E-state index >= 15 is 0 Å². The average molecular weight is 455 g/mol. The van der Waals surface area contributed by atoms with Crippen LogP contribution in [0.2, 0.25) is 5.02 Å². The number of benzene rings is 2. The molecule has 0 aliphatic rings. The summed E-state index contributed by atoms with van der Waals surface area (Å²) in [5.41, 5.74) is 3.94. The molecule has 0 spiro atoms. The fourth-order valence-corrected chi connectivity index (χ4v) is 4.53. The molecule has 4 rings (SSSR count). The number of halogens is 1. The summed E-state index contributed by atoms with van der Waals surface area (Å²) in [6, 6.07) is 17.4. The van der Waals surface area contributed by atoms with Gasteiger partial charge >= 0.3 is 0 Å². The predicted molar refractivity (Wildman–Crippen MR) is 125 cm³/mol. The number of thiophene rings is 1. The van der Waals surface area contributed by atoms with Crippen molar-refractivity contribution < 1.29 is 4.79 Å². The molecule has 4 aromatic rings. The number of hydrogen-bond acceptors (Lipinski definition) is 5. The Bertz CT molecular complexity index is 1170. The number of amides is 1. The van der Waals surface area contributed by atoms with Gasteiger partial charge in [-0.3, -0.25) is 9.36 Å². The highest BCUT2D eigenvalue weighted by Crippen LogP contribution is 2.31. The van der Waals surface area contributed by atoms with Crippen LogP contribution in [0, 0.1) is 13.8 Å². The van der Waals surface area contributed by atoms with E-state index in [1.807, 2.05) is 78.4 Å². The van der Waals surface area contributed by atoms with Crippen molar-refractivity contribution in [3.63, 3.8) is 0 Å². The molecule has 0 radical (unpaired) electrons. The zero-order valence-corrected chi connectivity index (χ0v) is 18.8. The Morgan fingerprint density at radius 2 is 1.90 bits per heavy atom. The van der Waals surface area contributed by atoms with Crippen molar-refractivity contribution in [1.82, 2.24) is 14.8 Å². The molecule has 0 aliphatic carbocycles. The van der Waals surface area contributed by atoms with Gasteiger partial charge in [0.2, 0.25) is 5.91 Å². The molecule has 8 heteroatoms. The van der Waals surface area contributed by atoms with Gasteiger partial charge in [0.25, 0.3) is 0 Å². The molecule has 1 N–H and O–H groups in total. The van der Waals surface area contributed by atoms with Crippen LogP contribution >= 0.6 is 34.7 Å². The zero-order valence-electron chi connectivity index (χ0n) is 16.4. The van der Waals surface area contributed by atoms with E-state index in [1.165, 1.54) is 11.8 Å². The van der Waals surface area contributed by atoms with Crippen molar-refractivity contribution in [1.29, 1.82) is 0 Å². The molecule has 30 heavy (non-hydrogen) atoms. The highest BCUT2D eigenvalue weighted by molar-refractivity contribution is 7.99. The van der Waals surface area contributed by atoms with Crippen molar-refractivity contribution >= 4 is 46.3 Å². The predicted octanol–water partition coefficient (Wildman–Crippen LogP) is 6.00. The lowest BCUT2D eigenvalue weighted by Gasteiger charge is -2.11. The van der Waals surface area contributed by atoms with Gasteiger partial charge in [0.15, 0.2) is 11.0 Å². The summed E-state index contributed by atoms with van der Waals surface area (Å²) in [5.74, 6) is 0.880. The van der Waals surface area contributed by atoms with Gasteiger partial charge in [-0.1, -0.05) is 41.6 Å². The summed E-state index contributed by atoms with van der Waals surface area (Å²) >= 11 is 9.00. The number of carbonyl (C=O) groups is 1. The van der Waals surface area contributed by atoms with Gasteiger partial charge in [-0.15, -0.1) is 21.5 Å². The second-order valence-electron chi connectivity index (χ2n) is 6.68. The van der Waals surface area contributed by atoms with Crippen molar-refractivity contribution in [3.05, 3.63) is 76.1 Å². The number of thioether (sulfide) groups is 1. The quantitative estimate of drug-likeness (QED) is 0.363. The maximum absolute atomic E-state index is 12.6. The minimum Gasteiger partial charge on any atom is -0.325 e. The van der Waals surface area contributed by atoms with Gasteiger partial charge in [-0.2, -0.15) is 0 Å². The molecular formula is C22H19ClN4OS2. The SMILES string of the molecule is Cc1cccc(NC(=O)CSc2nnc(-c3cccs3)n2-c2ccc(Cl)cc2)c1C. The Morgan fingerprint density at radius 1 is 1.10 bits per heavy atom. The minimum atomic E-state index is -0.0861. The highest BCUT2D eigenvalue weighted by Gasteiger charge is 2.18. The smallest absolute Gasteiger partial charge is 0.234 e. The summed E-state index contributed by atoms with van der Waals surface area (Å²) in [7, 11) is 0. The Morgan fingerprint density at radius 3 is 2.63 bits per heavy atom. The number of nitrogens with zero attached hydrogens (tertiary/aromatic N) is 3. The first kappa shape index (κ1) is 20.7. The molecule has 2 aromatic heterocycles. The lowest BCUT2D eigenvalue weighted by atomic mass is 10.1. The Hall–Kier alpha value is -2.61. The monoisotopic (exact) mass is 454 g/mol. The van der Waals surface area contributed by atoms with E-state index in [-0.39, 0.29) is 11.7 Å². The van der Waals surface area contributed by atoms with Gasteiger partial charge in [0, 0.05) is 16.4 Å². The maximum Gasteiger partial charge on any atom is 0.234 e. The molecule has 0 unspecified atom stereocenters. The van der Waals surface area contributed by atoms with Gasteiger partial charge < -0.3 is 5.32 Å². The Labute approximate surface area is 188 Å². The molecule has 0 bridgehead atoms. The molecule has 1 amide bonds. The molecule has 0 fully saturated rings. The van der Waals surface area contributed by atoms with Gasteiger partial charge in [0.1, 0.15) is 0 Å². The van der Waals surface area contributed by atoms with E-state index in [1.54, 1.807) is 11.3 Å². The molecule has 2 heterocycles. The van der Waals surface area contributed by atoms with Crippen LogP contribution in [0.15, 0.2) is 65.1 Å². The van der Waals surface area contributed by atoms with Crippen molar-refractivity contribution in [3.8, 4) is 16.4 Å². The van der Waals surface area contributed by atoms with Crippen LogP contribution in [0.25, 0.3) is 16.4 Å². The summed E-state index contributed by atoms with van der Waals surface area (Å²) in [6.07, 6.45) is 0. The minimum absolute atomic E-state index is 0.0861. The van der Waals surface area contributed by atoms with E-state index in [2.05, 4.69) is 15.5 Å². The van der Waals surface area contributed by atoms with Gasteiger partial charge in [-0.05, 0) is 66.8 Å². The third-order valence-corrected chi connectivity index (χ3v) is 6.72.